The lowest BCUT2D eigenvalue weighted by molar-refractivity contribution is -0.139. The molecule has 0 aliphatic carbocycles. The quantitative estimate of drug-likeness (QED) is 0.220. The molecule has 4 aromatic rings. The molecule has 0 aliphatic rings. The number of aliphatic carboxylic acids is 1. The minimum atomic E-state index is -4.41. The number of nitrogens with zero attached hydrogens (tertiary/aromatic N) is 1. The maximum atomic E-state index is 12.8. The minimum absolute atomic E-state index is 0.213. The number of rotatable bonds is 9. The molecule has 0 radical (unpaired) electrons. The summed E-state index contributed by atoms with van der Waals surface area (Å²) in [6, 6.07) is 29.0. The summed E-state index contributed by atoms with van der Waals surface area (Å²) in [6.45, 7) is 2.49. The lowest BCUT2D eigenvalue weighted by atomic mass is 9.96. The van der Waals surface area contributed by atoms with Gasteiger partial charge in [0.25, 0.3) is 0 Å². The zero-order valence-electron chi connectivity index (χ0n) is 22.2. The number of aryl methyl sites for hydroxylation is 1. The molecule has 0 unspecified atom stereocenters. The highest BCUT2D eigenvalue weighted by molar-refractivity contribution is 5.69. The van der Waals surface area contributed by atoms with Gasteiger partial charge in [0.05, 0.1) is 12.1 Å². The van der Waals surface area contributed by atoms with Gasteiger partial charge in [0.15, 0.2) is 0 Å². The molecule has 0 bridgehead atoms. The fraction of sp³-hybridized carbons (Fsp3) is 0.206. The first kappa shape index (κ1) is 28.7. The second-order valence-electron chi connectivity index (χ2n) is 9.67. The molecule has 0 amide bonds. The Balaban J connectivity index is 1.41. The predicted molar refractivity (Wildman–Crippen MR) is 151 cm³/mol. The zero-order chi connectivity index (χ0) is 28.5. The maximum absolute atomic E-state index is 12.8. The van der Waals surface area contributed by atoms with Crippen molar-refractivity contribution >= 4 is 5.97 Å². The van der Waals surface area contributed by atoms with Crippen LogP contribution in [-0.4, -0.2) is 22.5 Å². The topological polar surface area (TPSA) is 40.5 Å². The second kappa shape index (κ2) is 13.1. The monoisotopic (exact) mass is 541 g/mol. The summed E-state index contributed by atoms with van der Waals surface area (Å²) in [5.41, 5.74) is 6.25. The van der Waals surface area contributed by atoms with E-state index in [2.05, 4.69) is 55.2 Å². The molecule has 0 aromatic heterocycles. The summed E-state index contributed by atoms with van der Waals surface area (Å²) in [4.78, 5) is 13.1. The summed E-state index contributed by atoms with van der Waals surface area (Å²) in [7, 11) is 0. The number of hydrogen-bond acceptors (Lipinski definition) is 2. The van der Waals surface area contributed by atoms with Crippen molar-refractivity contribution in [3.8, 4) is 23.0 Å². The number of carboxylic acid groups (broad SMARTS) is 1. The number of hydrogen-bond donors (Lipinski definition) is 1. The molecule has 4 aromatic carbocycles. The summed E-state index contributed by atoms with van der Waals surface area (Å²) in [6.07, 6.45) is -2.28. The number of carboxylic acids is 1. The van der Waals surface area contributed by atoms with Gasteiger partial charge in [-0.1, -0.05) is 85.8 Å². The van der Waals surface area contributed by atoms with Crippen molar-refractivity contribution in [1.82, 2.24) is 4.90 Å². The highest BCUT2D eigenvalue weighted by atomic mass is 19.4. The summed E-state index contributed by atoms with van der Waals surface area (Å²) in [5.74, 6) is 5.36. The molecule has 0 saturated heterocycles. The van der Waals surface area contributed by atoms with Crippen molar-refractivity contribution in [2.75, 3.05) is 6.54 Å². The molecule has 1 N–H and O–H groups in total. The highest BCUT2D eigenvalue weighted by Gasteiger charge is 2.30. The first-order valence-corrected chi connectivity index (χ1v) is 13.1. The fourth-order valence-corrected chi connectivity index (χ4v) is 4.53. The Morgan fingerprint density at radius 2 is 1.30 bits per heavy atom. The Hall–Kier alpha value is -4.34. The van der Waals surface area contributed by atoms with E-state index in [1.165, 1.54) is 28.8 Å². The largest absolute Gasteiger partial charge is 0.480 e. The summed E-state index contributed by atoms with van der Waals surface area (Å²) in [5, 5.41) is 9.32. The zero-order valence-corrected chi connectivity index (χ0v) is 22.2. The standard InChI is InChI=1S/C34H30F3NO2/c1-2-5-29-6-3-4-7-32(29)30-18-14-26(15-19-30)9-8-25-10-12-27(13-11-25)22-38(24-33(39)40)23-28-16-20-31(21-17-28)34(35,36)37/h3-4,6-7,10-21H,2,5,22-24H2,1H3,(H,39,40). The van der Waals surface area contributed by atoms with Gasteiger partial charge in [-0.2, -0.15) is 13.2 Å². The highest BCUT2D eigenvalue weighted by Crippen LogP contribution is 2.29. The molecule has 0 heterocycles. The summed E-state index contributed by atoms with van der Waals surface area (Å²) >= 11 is 0. The van der Waals surface area contributed by atoms with Crippen molar-refractivity contribution in [3.63, 3.8) is 0 Å². The van der Waals surface area contributed by atoms with Gasteiger partial charge >= 0.3 is 12.1 Å². The van der Waals surface area contributed by atoms with E-state index in [1.807, 2.05) is 36.4 Å². The Bertz CT molecular complexity index is 1480. The van der Waals surface area contributed by atoms with Crippen molar-refractivity contribution in [3.05, 3.63) is 130 Å². The van der Waals surface area contributed by atoms with Crippen LogP contribution in [0, 0.1) is 11.8 Å². The number of alkyl halides is 3. The van der Waals surface area contributed by atoms with Crippen molar-refractivity contribution in [1.29, 1.82) is 0 Å². The Kier molecular flexibility index (Phi) is 9.42. The van der Waals surface area contributed by atoms with Crippen molar-refractivity contribution in [2.45, 2.75) is 39.0 Å². The number of carbonyl (C=O) groups is 1. The minimum Gasteiger partial charge on any atom is -0.480 e. The molecule has 3 nitrogen and oxygen atoms in total. The first-order valence-electron chi connectivity index (χ1n) is 13.1. The van der Waals surface area contributed by atoms with Crippen molar-refractivity contribution < 1.29 is 23.1 Å². The third kappa shape index (κ3) is 8.08. The predicted octanol–water partition coefficient (Wildman–Crippen LogP) is 7.81. The molecule has 40 heavy (non-hydrogen) atoms. The van der Waals surface area contributed by atoms with E-state index in [1.54, 1.807) is 4.90 Å². The molecule has 0 aliphatic heterocycles. The van der Waals surface area contributed by atoms with Crippen LogP contribution in [0.2, 0.25) is 0 Å². The average molecular weight is 542 g/mol. The average Bonchev–Trinajstić information content (AvgIpc) is 2.93. The molecular formula is C34H30F3NO2. The molecule has 4 rings (SSSR count). The van der Waals surface area contributed by atoms with Gasteiger partial charge in [0.1, 0.15) is 0 Å². The van der Waals surface area contributed by atoms with Gasteiger partial charge in [-0.05, 0) is 70.6 Å². The van der Waals surface area contributed by atoms with Gasteiger partial charge in [-0.25, -0.2) is 0 Å². The van der Waals surface area contributed by atoms with Crippen LogP contribution < -0.4 is 0 Å². The van der Waals surface area contributed by atoms with Crippen LogP contribution in [0.15, 0.2) is 97.1 Å². The van der Waals surface area contributed by atoms with E-state index in [0.29, 0.717) is 12.1 Å². The van der Waals surface area contributed by atoms with E-state index >= 15 is 0 Å². The normalized spacial score (nSPS) is 11.2. The van der Waals surface area contributed by atoms with Crippen LogP contribution in [0.25, 0.3) is 11.1 Å². The number of benzene rings is 4. The van der Waals surface area contributed by atoms with Gasteiger partial charge in [-0.3, -0.25) is 9.69 Å². The molecular weight excluding hydrogens is 511 g/mol. The SMILES string of the molecule is CCCc1ccccc1-c1ccc(C#Cc2ccc(CN(CC(=O)O)Cc3ccc(C(F)(F)F)cc3)cc2)cc1. The first-order chi connectivity index (χ1) is 19.2. The second-order valence-corrected chi connectivity index (χ2v) is 9.67. The molecule has 204 valence electrons. The Morgan fingerprint density at radius 3 is 1.82 bits per heavy atom. The molecule has 0 saturated carbocycles. The van der Waals surface area contributed by atoms with Gasteiger partial charge in [0.2, 0.25) is 0 Å². The van der Waals surface area contributed by atoms with Gasteiger partial charge in [0, 0.05) is 24.2 Å². The fourth-order valence-electron chi connectivity index (χ4n) is 4.53. The van der Waals surface area contributed by atoms with Crippen LogP contribution in [0.5, 0.6) is 0 Å². The van der Waals surface area contributed by atoms with Crippen LogP contribution >= 0.6 is 0 Å². The molecule has 0 fully saturated rings. The molecule has 6 heteroatoms. The lowest BCUT2D eigenvalue weighted by Gasteiger charge is -2.21. The smallest absolute Gasteiger partial charge is 0.416 e. The van der Waals surface area contributed by atoms with Gasteiger partial charge in [-0.15, -0.1) is 0 Å². The third-order valence-electron chi connectivity index (χ3n) is 6.49. The van der Waals surface area contributed by atoms with Crippen LogP contribution in [0.1, 0.15) is 46.7 Å². The van der Waals surface area contributed by atoms with E-state index < -0.39 is 17.7 Å². The van der Waals surface area contributed by atoms with Crippen LogP contribution in [-0.2, 0) is 30.5 Å². The third-order valence-corrected chi connectivity index (χ3v) is 6.49. The van der Waals surface area contributed by atoms with E-state index in [0.717, 1.165) is 41.7 Å². The van der Waals surface area contributed by atoms with E-state index in [4.69, 9.17) is 0 Å². The Labute approximate surface area is 232 Å². The van der Waals surface area contributed by atoms with Crippen LogP contribution in [0.3, 0.4) is 0 Å². The maximum Gasteiger partial charge on any atom is 0.416 e. The lowest BCUT2D eigenvalue weighted by Crippen LogP contribution is -2.29. The van der Waals surface area contributed by atoms with Crippen molar-refractivity contribution in [2.24, 2.45) is 0 Å². The molecule has 0 spiro atoms. The van der Waals surface area contributed by atoms with Crippen LogP contribution in [0.4, 0.5) is 13.2 Å². The number of halogens is 3. The van der Waals surface area contributed by atoms with E-state index in [-0.39, 0.29) is 13.1 Å². The molecule has 0 atom stereocenters. The van der Waals surface area contributed by atoms with Gasteiger partial charge < -0.3 is 5.11 Å². The van der Waals surface area contributed by atoms with E-state index in [9.17, 15) is 23.1 Å². The Morgan fingerprint density at radius 1 is 0.775 bits per heavy atom. The summed E-state index contributed by atoms with van der Waals surface area (Å²) < 4.78 is 38.5.